The van der Waals surface area contributed by atoms with E-state index in [-0.39, 0.29) is 16.9 Å². The second-order valence-corrected chi connectivity index (χ2v) is 6.29. The summed E-state index contributed by atoms with van der Waals surface area (Å²) in [5.74, 6) is -0.460. The Morgan fingerprint density at radius 2 is 1.85 bits per heavy atom. The Morgan fingerprint density at radius 1 is 1.07 bits per heavy atom. The normalized spacial score (nSPS) is 10.4. The third-order valence-electron chi connectivity index (χ3n) is 3.66. The molecule has 2 aromatic rings. The van der Waals surface area contributed by atoms with Gasteiger partial charge in [-0.05, 0) is 48.5 Å². The Labute approximate surface area is 164 Å². The standard InChI is InChI=1S/C21H23N3O2S/c1-2-3-14-22-20(26)17-10-7-11-18(15-17)23-21(27)24-19(25)13-12-16-8-5-4-6-9-16/h4-13,15H,2-3,14H2,1H3,(H,22,26)(H2,23,24,25,27)/b13-12+. The molecule has 0 bridgehead atoms. The highest BCUT2D eigenvalue weighted by Gasteiger charge is 2.07. The maximum atomic E-state index is 12.1. The maximum Gasteiger partial charge on any atom is 0.251 e. The van der Waals surface area contributed by atoms with E-state index in [1.165, 1.54) is 6.08 Å². The monoisotopic (exact) mass is 381 g/mol. The number of anilines is 1. The number of carbonyl (C=O) groups excluding carboxylic acids is 2. The molecule has 27 heavy (non-hydrogen) atoms. The van der Waals surface area contributed by atoms with Crippen molar-refractivity contribution < 1.29 is 9.59 Å². The second kappa shape index (κ2) is 10.9. The lowest BCUT2D eigenvalue weighted by Gasteiger charge is -2.10. The molecule has 0 aliphatic rings. The van der Waals surface area contributed by atoms with Gasteiger partial charge in [-0.1, -0.05) is 49.7 Å². The fourth-order valence-corrected chi connectivity index (χ4v) is 2.49. The Kier molecular flexibility index (Phi) is 8.19. The lowest BCUT2D eigenvalue weighted by atomic mass is 10.2. The van der Waals surface area contributed by atoms with E-state index in [2.05, 4.69) is 22.9 Å². The first kappa shape index (κ1) is 20.3. The highest BCUT2D eigenvalue weighted by molar-refractivity contribution is 7.80. The zero-order chi connectivity index (χ0) is 19.5. The number of amides is 2. The molecule has 140 valence electrons. The average Bonchev–Trinajstić information content (AvgIpc) is 2.67. The number of rotatable bonds is 7. The van der Waals surface area contributed by atoms with Gasteiger partial charge in [-0.3, -0.25) is 14.9 Å². The van der Waals surface area contributed by atoms with Gasteiger partial charge in [0.2, 0.25) is 5.91 Å². The molecule has 6 heteroatoms. The van der Waals surface area contributed by atoms with Crippen molar-refractivity contribution in [2.45, 2.75) is 19.8 Å². The van der Waals surface area contributed by atoms with Gasteiger partial charge in [0, 0.05) is 23.9 Å². The van der Waals surface area contributed by atoms with Gasteiger partial charge in [-0.25, -0.2) is 0 Å². The van der Waals surface area contributed by atoms with Crippen LogP contribution in [0, 0.1) is 0 Å². The Balaban J connectivity index is 1.88. The summed E-state index contributed by atoms with van der Waals surface area (Å²) in [6.07, 6.45) is 5.09. The minimum atomic E-state index is -0.329. The summed E-state index contributed by atoms with van der Waals surface area (Å²) in [6, 6.07) is 16.5. The number of nitrogens with one attached hydrogen (secondary N) is 3. The number of carbonyl (C=O) groups is 2. The van der Waals surface area contributed by atoms with Crippen molar-refractivity contribution in [3.8, 4) is 0 Å². The zero-order valence-corrected chi connectivity index (χ0v) is 16.0. The molecule has 0 aliphatic carbocycles. The van der Waals surface area contributed by atoms with Gasteiger partial charge in [-0.15, -0.1) is 0 Å². The van der Waals surface area contributed by atoms with E-state index in [0.717, 1.165) is 18.4 Å². The molecule has 2 amide bonds. The molecule has 0 spiro atoms. The first-order valence-corrected chi connectivity index (χ1v) is 9.22. The van der Waals surface area contributed by atoms with Crippen LogP contribution in [0.15, 0.2) is 60.7 Å². The molecule has 0 aliphatic heterocycles. The van der Waals surface area contributed by atoms with E-state index in [0.29, 0.717) is 17.8 Å². The number of hydrogen-bond donors (Lipinski definition) is 3. The molecule has 0 atom stereocenters. The number of unbranched alkanes of at least 4 members (excludes halogenated alkanes) is 1. The van der Waals surface area contributed by atoms with E-state index < -0.39 is 0 Å². The molecule has 0 saturated heterocycles. The molecule has 0 radical (unpaired) electrons. The molecule has 2 rings (SSSR count). The van der Waals surface area contributed by atoms with Crippen LogP contribution >= 0.6 is 12.2 Å². The Hall–Kier alpha value is -2.99. The molecule has 5 nitrogen and oxygen atoms in total. The summed E-state index contributed by atoms with van der Waals surface area (Å²) in [5.41, 5.74) is 2.10. The second-order valence-electron chi connectivity index (χ2n) is 5.88. The first-order chi connectivity index (χ1) is 13.1. The smallest absolute Gasteiger partial charge is 0.251 e. The van der Waals surface area contributed by atoms with Crippen LogP contribution in [0.1, 0.15) is 35.7 Å². The molecule has 0 saturated carbocycles. The SMILES string of the molecule is CCCCNC(=O)c1cccc(NC(=S)NC(=O)/C=C/c2ccccc2)c1. The topological polar surface area (TPSA) is 70.2 Å². The van der Waals surface area contributed by atoms with E-state index in [1.54, 1.807) is 30.3 Å². The van der Waals surface area contributed by atoms with Crippen LogP contribution in [0.5, 0.6) is 0 Å². The summed E-state index contributed by atoms with van der Waals surface area (Å²) < 4.78 is 0. The summed E-state index contributed by atoms with van der Waals surface area (Å²) in [7, 11) is 0. The van der Waals surface area contributed by atoms with Gasteiger partial charge in [-0.2, -0.15) is 0 Å². The van der Waals surface area contributed by atoms with Crippen molar-refractivity contribution in [3.63, 3.8) is 0 Å². The highest BCUT2D eigenvalue weighted by atomic mass is 32.1. The van der Waals surface area contributed by atoms with Crippen LogP contribution < -0.4 is 16.0 Å². The van der Waals surface area contributed by atoms with E-state index in [4.69, 9.17) is 12.2 Å². The molecule has 0 fully saturated rings. The van der Waals surface area contributed by atoms with Gasteiger partial charge < -0.3 is 10.6 Å². The van der Waals surface area contributed by atoms with E-state index in [1.807, 2.05) is 30.3 Å². The molecular formula is C21H23N3O2S. The van der Waals surface area contributed by atoms with Crippen molar-refractivity contribution in [2.75, 3.05) is 11.9 Å². The van der Waals surface area contributed by atoms with Crippen LogP contribution in [0.4, 0.5) is 5.69 Å². The maximum absolute atomic E-state index is 12.1. The summed E-state index contributed by atoms with van der Waals surface area (Å²) in [6.45, 7) is 2.72. The van der Waals surface area contributed by atoms with Crippen LogP contribution in [-0.4, -0.2) is 23.5 Å². The minimum absolute atomic E-state index is 0.132. The van der Waals surface area contributed by atoms with Crippen LogP contribution in [0.3, 0.4) is 0 Å². The van der Waals surface area contributed by atoms with Gasteiger partial charge in [0.15, 0.2) is 5.11 Å². The van der Waals surface area contributed by atoms with Crippen molar-refractivity contribution in [2.24, 2.45) is 0 Å². The third kappa shape index (κ3) is 7.42. The Bertz CT molecular complexity index is 819. The molecular weight excluding hydrogens is 358 g/mol. The van der Waals surface area contributed by atoms with Gasteiger partial charge in [0.1, 0.15) is 0 Å². The van der Waals surface area contributed by atoms with Crippen LogP contribution in [-0.2, 0) is 4.79 Å². The molecule has 3 N–H and O–H groups in total. The molecule has 0 unspecified atom stereocenters. The van der Waals surface area contributed by atoms with Gasteiger partial charge in [0.25, 0.3) is 5.91 Å². The Morgan fingerprint density at radius 3 is 2.59 bits per heavy atom. The van der Waals surface area contributed by atoms with Crippen LogP contribution in [0.2, 0.25) is 0 Å². The summed E-state index contributed by atoms with van der Waals surface area (Å²) in [5, 5.41) is 8.54. The predicted molar refractivity (Wildman–Crippen MR) is 114 cm³/mol. The fraction of sp³-hybridized carbons (Fsp3) is 0.190. The van der Waals surface area contributed by atoms with Crippen molar-refractivity contribution >= 4 is 40.9 Å². The van der Waals surface area contributed by atoms with Gasteiger partial charge in [0.05, 0.1) is 0 Å². The number of thiocarbonyl (C=S) groups is 1. The largest absolute Gasteiger partial charge is 0.352 e. The lowest BCUT2D eigenvalue weighted by Crippen LogP contribution is -2.33. The van der Waals surface area contributed by atoms with Crippen molar-refractivity contribution in [3.05, 3.63) is 71.8 Å². The summed E-state index contributed by atoms with van der Waals surface area (Å²) >= 11 is 5.16. The zero-order valence-electron chi connectivity index (χ0n) is 15.2. The predicted octanol–water partition coefficient (Wildman–Crippen LogP) is 3.74. The van der Waals surface area contributed by atoms with Crippen molar-refractivity contribution in [1.82, 2.24) is 10.6 Å². The molecule has 0 heterocycles. The third-order valence-corrected chi connectivity index (χ3v) is 3.87. The number of benzene rings is 2. The summed E-state index contributed by atoms with van der Waals surface area (Å²) in [4.78, 5) is 24.1. The van der Waals surface area contributed by atoms with Gasteiger partial charge >= 0.3 is 0 Å². The lowest BCUT2D eigenvalue weighted by molar-refractivity contribution is -0.115. The number of hydrogen-bond acceptors (Lipinski definition) is 3. The molecule has 0 aromatic heterocycles. The molecule has 2 aromatic carbocycles. The quantitative estimate of drug-likeness (QED) is 0.388. The minimum Gasteiger partial charge on any atom is -0.352 e. The first-order valence-electron chi connectivity index (χ1n) is 8.82. The van der Waals surface area contributed by atoms with Crippen LogP contribution in [0.25, 0.3) is 6.08 Å². The van der Waals surface area contributed by atoms with E-state index in [9.17, 15) is 9.59 Å². The fourth-order valence-electron chi connectivity index (χ4n) is 2.27. The van der Waals surface area contributed by atoms with Crippen molar-refractivity contribution in [1.29, 1.82) is 0 Å². The average molecular weight is 382 g/mol. The van der Waals surface area contributed by atoms with E-state index >= 15 is 0 Å². The highest BCUT2D eigenvalue weighted by Crippen LogP contribution is 2.10.